The van der Waals surface area contributed by atoms with E-state index in [2.05, 4.69) is 4.90 Å². The molecule has 3 nitrogen and oxygen atoms in total. The first kappa shape index (κ1) is 13.4. The molecule has 1 atom stereocenters. The van der Waals surface area contributed by atoms with Crippen molar-refractivity contribution >= 4 is 17.6 Å². The number of rotatable bonds is 4. The zero-order valence-electron chi connectivity index (χ0n) is 10.6. The maximum Gasteiger partial charge on any atom is 0.327 e. The van der Waals surface area contributed by atoms with Crippen LogP contribution in [0, 0.1) is 0 Å². The molecule has 1 fully saturated rings. The van der Waals surface area contributed by atoms with Gasteiger partial charge in [0.1, 0.15) is 6.04 Å². The van der Waals surface area contributed by atoms with Crippen LogP contribution in [0.3, 0.4) is 0 Å². The zero-order chi connectivity index (χ0) is 13.0. The first-order chi connectivity index (χ1) is 8.72. The van der Waals surface area contributed by atoms with Crippen LogP contribution in [0.15, 0.2) is 24.3 Å². The summed E-state index contributed by atoms with van der Waals surface area (Å²) >= 11 is 5.89. The highest BCUT2D eigenvalue weighted by atomic mass is 35.5. The van der Waals surface area contributed by atoms with Gasteiger partial charge in [0.05, 0.1) is 6.61 Å². The predicted octanol–water partition coefficient (Wildman–Crippen LogP) is 3.04. The van der Waals surface area contributed by atoms with E-state index in [1.54, 1.807) is 0 Å². The van der Waals surface area contributed by atoms with Crippen LogP contribution in [0.2, 0.25) is 5.02 Å². The fourth-order valence-electron chi connectivity index (χ4n) is 2.36. The van der Waals surface area contributed by atoms with E-state index in [9.17, 15) is 4.79 Å². The number of ether oxygens (including phenoxy) is 1. The number of hydrogen-bond donors (Lipinski definition) is 0. The monoisotopic (exact) mass is 267 g/mol. The second-order valence-corrected chi connectivity index (χ2v) is 4.89. The van der Waals surface area contributed by atoms with E-state index in [0.717, 1.165) is 31.5 Å². The van der Waals surface area contributed by atoms with Crippen LogP contribution in [0.25, 0.3) is 0 Å². The van der Waals surface area contributed by atoms with Crippen LogP contribution in [0.1, 0.15) is 31.4 Å². The molecule has 1 aromatic rings. The minimum atomic E-state index is -0.287. The normalized spacial score (nSPS) is 17.7. The second kappa shape index (κ2) is 6.21. The summed E-state index contributed by atoms with van der Waals surface area (Å²) in [6.07, 6.45) is 2.28. The smallest absolute Gasteiger partial charge is 0.327 e. The highest BCUT2D eigenvalue weighted by Gasteiger charge is 2.30. The molecule has 0 bridgehead atoms. The number of carbonyl (C=O) groups is 1. The lowest BCUT2D eigenvalue weighted by molar-refractivity contribution is -0.149. The Labute approximate surface area is 113 Å². The van der Waals surface area contributed by atoms with Crippen LogP contribution in [-0.2, 0) is 9.53 Å². The Kier molecular flexibility index (Phi) is 4.61. The molecule has 2 rings (SSSR count). The Morgan fingerprint density at radius 1 is 1.33 bits per heavy atom. The molecule has 98 valence electrons. The summed E-state index contributed by atoms with van der Waals surface area (Å²) in [5.41, 5.74) is 0.958. The Morgan fingerprint density at radius 2 is 1.94 bits per heavy atom. The number of halogens is 1. The minimum Gasteiger partial charge on any atom is -0.465 e. The number of likely N-dealkylation sites (tertiary alicyclic amines) is 1. The van der Waals surface area contributed by atoms with Crippen molar-refractivity contribution in [2.75, 3.05) is 19.7 Å². The molecule has 0 N–H and O–H groups in total. The number of carbonyl (C=O) groups excluding carboxylic acids is 1. The Hall–Kier alpha value is -1.06. The largest absolute Gasteiger partial charge is 0.465 e. The SMILES string of the molecule is CCOC(=O)[C@@H](c1ccc(Cl)cc1)N1CCCC1. The fraction of sp³-hybridized carbons (Fsp3) is 0.500. The van der Waals surface area contributed by atoms with Gasteiger partial charge in [-0.25, -0.2) is 4.79 Å². The molecule has 0 saturated carbocycles. The molecule has 0 unspecified atom stereocenters. The maximum atomic E-state index is 12.1. The maximum absolute atomic E-state index is 12.1. The first-order valence-electron chi connectivity index (χ1n) is 6.38. The summed E-state index contributed by atoms with van der Waals surface area (Å²) in [4.78, 5) is 14.3. The third-order valence-electron chi connectivity index (χ3n) is 3.20. The van der Waals surface area contributed by atoms with E-state index >= 15 is 0 Å². The lowest BCUT2D eigenvalue weighted by atomic mass is 10.1. The molecule has 18 heavy (non-hydrogen) atoms. The molecule has 1 aliphatic rings. The van der Waals surface area contributed by atoms with E-state index < -0.39 is 0 Å². The third-order valence-corrected chi connectivity index (χ3v) is 3.45. The van der Waals surface area contributed by atoms with E-state index in [1.165, 1.54) is 0 Å². The fourth-order valence-corrected chi connectivity index (χ4v) is 2.49. The lowest BCUT2D eigenvalue weighted by Crippen LogP contribution is -2.33. The van der Waals surface area contributed by atoms with Gasteiger partial charge in [0.2, 0.25) is 0 Å². The highest BCUT2D eigenvalue weighted by Crippen LogP contribution is 2.27. The van der Waals surface area contributed by atoms with Crippen molar-refractivity contribution < 1.29 is 9.53 Å². The summed E-state index contributed by atoms with van der Waals surface area (Å²) < 4.78 is 5.19. The van der Waals surface area contributed by atoms with Crippen molar-refractivity contribution in [1.29, 1.82) is 0 Å². The van der Waals surface area contributed by atoms with Crippen LogP contribution < -0.4 is 0 Å². The van der Waals surface area contributed by atoms with Crippen molar-refractivity contribution in [2.45, 2.75) is 25.8 Å². The van der Waals surface area contributed by atoms with Crippen molar-refractivity contribution in [3.8, 4) is 0 Å². The van der Waals surface area contributed by atoms with Crippen LogP contribution >= 0.6 is 11.6 Å². The summed E-state index contributed by atoms with van der Waals surface area (Å²) in [5.74, 6) is -0.165. The van der Waals surface area contributed by atoms with Gasteiger partial charge in [-0.05, 0) is 50.6 Å². The molecule has 0 radical (unpaired) electrons. The molecular formula is C14H18ClNO2. The molecule has 0 aliphatic carbocycles. The molecule has 1 aliphatic heterocycles. The first-order valence-corrected chi connectivity index (χ1v) is 6.76. The van der Waals surface area contributed by atoms with Gasteiger partial charge < -0.3 is 4.74 Å². The summed E-state index contributed by atoms with van der Waals surface area (Å²) in [6, 6.07) is 7.16. The van der Waals surface area contributed by atoms with Crippen LogP contribution in [0.5, 0.6) is 0 Å². The number of benzene rings is 1. The molecule has 0 spiro atoms. The highest BCUT2D eigenvalue weighted by molar-refractivity contribution is 6.30. The third kappa shape index (κ3) is 3.03. The van der Waals surface area contributed by atoms with Crippen molar-refractivity contribution in [3.63, 3.8) is 0 Å². The minimum absolute atomic E-state index is 0.165. The average Bonchev–Trinajstić information content (AvgIpc) is 2.86. The van der Waals surface area contributed by atoms with E-state index in [1.807, 2.05) is 31.2 Å². The molecule has 0 amide bonds. The molecule has 0 aromatic heterocycles. The average molecular weight is 268 g/mol. The van der Waals surface area contributed by atoms with Gasteiger partial charge in [-0.15, -0.1) is 0 Å². The molecule has 1 aromatic carbocycles. The number of esters is 1. The molecule has 1 heterocycles. The summed E-state index contributed by atoms with van der Waals surface area (Å²) in [6.45, 7) is 4.15. The number of nitrogens with zero attached hydrogens (tertiary/aromatic N) is 1. The standard InChI is InChI=1S/C14H18ClNO2/c1-2-18-14(17)13(16-9-3-4-10-16)11-5-7-12(15)8-6-11/h5-8,13H,2-4,9-10H2,1H3/t13-/m1/s1. The summed E-state index contributed by atoms with van der Waals surface area (Å²) in [7, 11) is 0. The van der Waals surface area contributed by atoms with Gasteiger partial charge in [-0.2, -0.15) is 0 Å². The Morgan fingerprint density at radius 3 is 2.50 bits per heavy atom. The van der Waals surface area contributed by atoms with Crippen molar-refractivity contribution in [3.05, 3.63) is 34.9 Å². The van der Waals surface area contributed by atoms with Gasteiger partial charge in [0, 0.05) is 5.02 Å². The van der Waals surface area contributed by atoms with E-state index in [0.29, 0.717) is 11.6 Å². The van der Waals surface area contributed by atoms with Gasteiger partial charge >= 0.3 is 5.97 Å². The predicted molar refractivity (Wildman–Crippen MR) is 71.6 cm³/mol. The van der Waals surface area contributed by atoms with E-state index in [4.69, 9.17) is 16.3 Å². The van der Waals surface area contributed by atoms with Crippen LogP contribution in [0.4, 0.5) is 0 Å². The second-order valence-electron chi connectivity index (χ2n) is 4.45. The number of hydrogen-bond acceptors (Lipinski definition) is 3. The van der Waals surface area contributed by atoms with Crippen molar-refractivity contribution in [1.82, 2.24) is 4.90 Å². The molecular weight excluding hydrogens is 250 g/mol. The Bertz CT molecular complexity index is 399. The van der Waals surface area contributed by atoms with Gasteiger partial charge in [0.15, 0.2) is 0 Å². The topological polar surface area (TPSA) is 29.5 Å². The quantitative estimate of drug-likeness (QED) is 0.786. The lowest BCUT2D eigenvalue weighted by Gasteiger charge is -2.25. The van der Waals surface area contributed by atoms with Gasteiger partial charge in [-0.1, -0.05) is 23.7 Å². The van der Waals surface area contributed by atoms with Crippen LogP contribution in [-0.4, -0.2) is 30.6 Å². The molecule has 1 saturated heterocycles. The summed E-state index contributed by atoms with van der Waals surface area (Å²) in [5, 5.41) is 0.683. The van der Waals surface area contributed by atoms with E-state index in [-0.39, 0.29) is 12.0 Å². The van der Waals surface area contributed by atoms with Crippen molar-refractivity contribution in [2.24, 2.45) is 0 Å². The van der Waals surface area contributed by atoms with Gasteiger partial charge in [0.25, 0.3) is 0 Å². The molecule has 4 heteroatoms. The van der Waals surface area contributed by atoms with Gasteiger partial charge in [-0.3, -0.25) is 4.90 Å². The Balaban J connectivity index is 2.22. The zero-order valence-corrected chi connectivity index (χ0v) is 11.3.